The smallest absolute Gasteiger partial charge is 0.186 e. The highest BCUT2D eigenvalue weighted by molar-refractivity contribution is 7.91. The van der Waals surface area contributed by atoms with Crippen molar-refractivity contribution < 1.29 is 8.42 Å². The molecule has 0 fully saturated rings. The molecule has 0 aliphatic carbocycles. The van der Waals surface area contributed by atoms with Gasteiger partial charge < -0.3 is 4.90 Å². The van der Waals surface area contributed by atoms with Crippen LogP contribution in [0.1, 0.15) is 5.56 Å². The van der Waals surface area contributed by atoms with Gasteiger partial charge in [-0.2, -0.15) is 0 Å². The first-order chi connectivity index (χ1) is 10.4. The Morgan fingerprint density at radius 1 is 1.18 bits per heavy atom. The molecule has 5 nitrogen and oxygen atoms in total. The molecular formula is C15H15N3O2S2. The Morgan fingerprint density at radius 3 is 2.59 bits per heavy atom. The Kier molecular flexibility index (Phi) is 3.84. The van der Waals surface area contributed by atoms with Gasteiger partial charge in [-0.1, -0.05) is 17.4 Å². The zero-order valence-electron chi connectivity index (χ0n) is 12.2. The predicted octanol–water partition coefficient (Wildman–Crippen LogP) is 2.73. The van der Waals surface area contributed by atoms with Gasteiger partial charge in [0.25, 0.3) is 0 Å². The van der Waals surface area contributed by atoms with Crippen LogP contribution in [-0.2, 0) is 16.4 Å². The summed E-state index contributed by atoms with van der Waals surface area (Å²) in [5, 5.41) is 0.794. The van der Waals surface area contributed by atoms with Gasteiger partial charge in [0.15, 0.2) is 15.0 Å². The van der Waals surface area contributed by atoms with Crippen molar-refractivity contribution in [3.05, 3.63) is 48.3 Å². The zero-order chi connectivity index (χ0) is 15.7. The minimum atomic E-state index is -3.28. The molecule has 0 atom stereocenters. The second-order valence-electron chi connectivity index (χ2n) is 5.08. The minimum absolute atomic E-state index is 0.282. The quantitative estimate of drug-likeness (QED) is 0.734. The van der Waals surface area contributed by atoms with Crippen LogP contribution < -0.4 is 4.90 Å². The van der Waals surface area contributed by atoms with Gasteiger partial charge in [0, 0.05) is 32.2 Å². The van der Waals surface area contributed by atoms with E-state index in [1.54, 1.807) is 24.5 Å². The fraction of sp³-hybridized carbons (Fsp3) is 0.200. The number of thiazole rings is 1. The number of benzene rings is 1. The van der Waals surface area contributed by atoms with E-state index in [1.807, 2.05) is 30.1 Å². The molecule has 2 aromatic heterocycles. The lowest BCUT2D eigenvalue weighted by molar-refractivity contribution is 0.602. The lowest BCUT2D eigenvalue weighted by Gasteiger charge is -2.15. The first kappa shape index (κ1) is 14.9. The third kappa shape index (κ3) is 2.95. The standard InChI is InChI=1S/C15H15N3O2S2/c1-18(10-11-6-8-16-9-7-11)15-17-14-12(21-15)4-3-5-13(14)22(2,19)20/h3-9H,10H2,1-2H3. The van der Waals surface area contributed by atoms with Crippen molar-refractivity contribution >= 4 is 36.5 Å². The summed E-state index contributed by atoms with van der Waals surface area (Å²) in [6.07, 6.45) is 4.72. The van der Waals surface area contributed by atoms with Crippen molar-refractivity contribution in [3.63, 3.8) is 0 Å². The van der Waals surface area contributed by atoms with Crippen LogP contribution in [0.2, 0.25) is 0 Å². The number of aromatic nitrogens is 2. The SMILES string of the molecule is CN(Cc1ccncc1)c1nc2c(S(C)(=O)=O)cccc2s1. The summed E-state index contributed by atoms with van der Waals surface area (Å²) in [6.45, 7) is 0.691. The number of anilines is 1. The molecule has 3 rings (SSSR count). The molecule has 0 saturated carbocycles. The Hall–Kier alpha value is -1.99. The van der Waals surface area contributed by atoms with Crippen LogP contribution in [0, 0.1) is 0 Å². The molecule has 1 aromatic carbocycles. The molecule has 114 valence electrons. The van der Waals surface area contributed by atoms with Crippen molar-refractivity contribution in [2.24, 2.45) is 0 Å². The third-order valence-electron chi connectivity index (χ3n) is 3.27. The van der Waals surface area contributed by atoms with E-state index in [9.17, 15) is 8.42 Å². The first-order valence-corrected chi connectivity index (χ1v) is 9.35. The number of sulfone groups is 1. The van der Waals surface area contributed by atoms with Gasteiger partial charge in [-0.25, -0.2) is 13.4 Å². The zero-order valence-corrected chi connectivity index (χ0v) is 13.9. The van der Waals surface area contributed by atoms with Crippen LogP contribution in [0.5, 0.6) is 0 Å². The molecule has 0 unspecified atom stereocenters. The van der Waals surface area contributed by atoms with Crippen molar-refractivity contribution in [3.8, 4) is 0 Å². The van der Waals surface area contributed by atoms with Crippen molar-refractivity contribution in [2.75, 3.05) is 18.2 Å². The maximum atomic E-state index is 11.9. The molecule has 2 heterocycles. The molecule has 0 amide bonds. The van der Waals surface area contributed by atoms with Crippen molar-refractivity contribution in [2.45, 2.75) is 11.4 Å². The van der Waals surface area contributed by atoms with Gasteiger partial charge in [0.2, 0.25) is 0 Å². The van der Waals surface area contributed by atoms with E-state index in [0.29, 0.717) is 12.1 Å². The largest absolute Gasteiger partial charge is 0.347 e. The van der Waals surface area contributed by atoms with Gasteiger partial charge in [-0.15, -0.1) is 0 Å². The topological polar surface area (TPSA) is 63.2 Å². The molecule has 7 heteroatoms. The van der Waals surface area contributed by atoms with Crippen LogP contribution in [0.4, 0.5) is 5.13 Å². The van der Waals surface area contributed by atoms with E-state index in [4.69, 9.17) is 0 Å². The molecule has 3 aromatic rings. The third-order valence-corrected chi connectivity index (χ3v) is 5.53. The molecular weight excluding hydrogens is 318 g/mol. The van der Waals surface area contributed by atoms with Crippen LogP contribution in [0.25, 0.3) is 10.2 Å². The lowest BCUT2D eigenvalue weighted by atomic mass is 10.2. The second kappa shape index (κ2) is 5.66. The van der Waals surface area contributed by atoms with Crippen LogP contribution >= 0.6 is 11.3 Å². The molecule has 0 saturated heterocycles. The van der Waals surface area contributed by atoms with E-state index in [1.165, 1.54) is 17.6 Å². The fourth-order valence-electron chi connectivity index (χ4n) is 2.20. The number of pyridine rings is 1. The summed E-state index contributed by atoms with van der Waals surface area (Å²) < 4.78 is 24.6. The monoisotopic (exact) mass is 333 g/mol. The van der Waals surface area contributed by atoms with E-state index in [2.05, 4.69) is 9.97 Å². The van der Waals surface area contributed by atoms with E-state index in [-0.39, 0.29) is 4.90 Å². The summed E-state index contributed by atoms with van der Waals surface area (Å²) in [7, 11) is -1.34. The molecule has 0 bridgehead atoms. The average Bonchev–Trinajstić information content (AvgIpc) is 2.91. The van der Waals surface area contributed by atoms with E-state index >= 15 is 0 Å². The van der Waals surface area contributed by atoms with E-state index < -0.39 is 9.84 Å². The summed E-state index contributed by atoms with van der Waals surface area (Å²) in [5.41, 5.74) is 1.67. The van der Waals surface area contributed by atoms with Crippen LogP contribution in [0.3, 0.4) is 0 Å². The highest BCUT2D eigenvalue weighted by atomic mass is 32.2. The number of rotatable bonds is 4. The van der Waals surface area contributed by atoms with Gasteiger partial charge in [-0.3, -0.25) is 4.98 Å². The lowest BCUT2D eigenvalue weighted by Crippen LogP contribution is -2.15. The van der Waals surface area contributed by atoms with Crippen LogP contribution in [-0.4, -0.2) is 31.7 Å². The Labute approximate surface area is 133 Å². The Bertz CT molecular complexity index is 905. The van der Waals surface area contributed by atoms with E-state index in [0.717, 1.165) is 15.4 Å². The predicted molar refractivity (Wildman–Crippen MR) is 89.1 cm³/mol. The first-order valence-electron chi connectivity index (χ1n) is 6.65. The summed E-state index contributed by atoms with van der Waals surface area (Å²) in [6, 6.07) is 9.15. The molecule has 0 aliphatic rings. The number of hydrogen-bond acceptors (Lipinski definition) is 6. The maximum absolute atomic E-state index is 11.9. The fourth-order valence-corrected chi connectivity index (χ4v) is 4.05. The van der Waals surface area contributed by atoms with Crippen LogP contribution in [0.15, 0.2) is 47.6 Å². The highest BCUT2D eigenvalue weighted by Crippen LogP contribution is 2.32. The van der Waals surface area contributed by atoms with Gasteiger partial charge in [-0.05, 0) is 29.8 Å². The molecule has 0 aliphatic heterocycles. The summed E-state index contributed by atoms with van der Waals surface area (Å²) >= 11 is 1.49. The summed E-state index contributed by atoms with van der Waals surface area (Å²) in [4.78, 5) is 10.8. The Morgan fingerprint density at radius 2 is 1.91 bits per heavy atom. The van der Waals surface area contributed by atoms with Gasteiger partial charge >= 0.3 is 0 Å². The van der Waals surface area contributed by atoms with Crippen molar-refractivity contribution in [1.29, 1.82) is 0 Å². The molecule has 0 N–H and O–H groups in total. The second-order valence-corrected chi connectivity index (χ2v) is 8.08. The molecule has 0 spiro atoms. The number of para-hydroxylation sites is 1. The number of nitrogens with zero attached hydrogens (tertiary/aromatic N) is 3. The number of fused-ring (bicyclic) bond motifs is 1. The Balaban J connectivity index is 1.99. The average molecular weight is 333 g/mol. The maximum Gasteiger partial charge on any atom is 0.186 e. The number of hydrogen-bond donors (Lipinski definition) is 0. The molecule has 22 heavy (non-hydrogen) atoms. The minimum Gasteiger partial charge on any atom is -0.347 e. The van der Waals surface area contributed by atoms with Crippen molar-refractivity contribution in [1.82, 2.24) is 9.97 Å². The highest BCUT2D eigenvalue weighted by Gasteiger charge is 2.17. The van der Waals surface area contributed by atoms with Gasteiger partial charge in [0.1, 0.15) is 5.52 Å². The normalized spacial score (nSPS) is 11.7. The molecule has 0 radical (unpaired) electrons. The summed E-state index contributed by atoms with van der Waals surface area (Å²) in [5.74, 6) is 0. The van der Waals surface area contributed by atoms with Gasteiger partial charge in [0.05, 0.1) is 9.60 Å².